The van der Waals surface area contributed by atoms with Crippen LogP contribution in [0.5, 0.6) is 0 Å². The van der Waals surface area contributed by atoms with Gasteiger partial charge in [-0.15, -0.1) is 0 Å². The first kappa shape index (κ1) is 16.1. The number of carbonyl (C=O) groups is 1. The molecular formula is C20H19FN2O. The van der Waals surface area contributed by atoms with Gasteiger partial charge < -0.3 is 5.32 Å². The highest BCUT2D eigenvalue weighted by atomic mass is 19.1. The van der Waals surface area contributed by atoms with Crippen molar-refractivity contribution in [1.82, 2.24) is 5.32 Å². The molecule has 1 aliphatic rings. The van der Waals surface area contributed by atoms with Crippen molar-refractivity contribution in [2.24, 2.45) is 4.99 Å². The Bertz CT molecular complexity index is 852. The summed E-state index contributed by atoms with van der Waals surface area (Å²) in [5.74, 6) is 0.185. The number of hydrogen-bond acceptors (Lipinski definition) is 2. The van der Waals surface area contributed by atoms with E-state index in [2.05, 4.69) is 16.4 Å². The number of rotatable bonds is 4. The number of aryl methyl sites for hydroxylation is 3. The summed E-state index contributed by atoms with van der Waals surface area (Å²) in [6, 6.07) is 12.6. The van der Waals surface area contributed by atoms with E-state index in [9.17, 15) is 9.18 Å². The Morgan fingerprint density at radius 3 is 2.71 bits per heavy atom. The van der Waals surface area contributed by atoms with E-state index in [0.717, 1.165) is 16.7 Å². The van der Waals surface area contributed by atoms with Crippen molar-refractivity contribution in [3.05, 3.63) is 76.2 Å². The normalized spacial score (nSPS) is 15.5. The van der Waals surface area contributed by atoms with Crippen LogP contribution < -0.4 is 5.32 Å². The van der Waals surface area contributed by atoms with Crippen molar-refractivity contribution in [2.75, 3.05) is 0 Å². The van der Waals surface area contributed by atoms with Crippen LogP contribution in [0.4, 0.5) is 4.39 Å². The van der Waals surface area contributed by atoms with Crippen LogP contribution in [0.1, 0.15) is 28.7 Å². The lowest BCUT2D eigenvalue weighted by Crippen LogP contribution is -2.24. The van der Waals surface area contributed by atoms with Crippen LogP contribution >= 0.6 is 0 Å². The largest absolute Gasteiger partial charge is 0.309 e. The van der Waals surface area contributed by atoms with Crippen molar-refractivity contribution in [1.29, 1.82) is 0 Å². The average Bonchev–Trinajstić information content (AvgIpc) is 2.88. The second-order valence-electron chi connectivity index (χ2n) is 6.03. The molecule has 0 atom stereocenters. The Hall–Kier alpha value is -2.75. The van der Waals surface area contributed by atoms with Gasteiger partial charge in [-0.1, -0.05) is 35.9 Å². The number of amides is 1. The minimum Gasteiger partial charge on any atom is -0.309 e. The monoisotopic (exact) mass is 322 g/mol. The predicted molar refractivity (Wildman–Crippen MR) is 94.2 cm³/mol. The summed E-state index contributed by atoms with van der Waals surface area (Å²) in [7, 11) is 0. The quantitative estimate of drug-likeness (QED) is 0.851. The maximum atomic E-state index is 13.2. The maximum absolute atomic E-state index is 13.2. The first-order chi connectivity index (χ1) is 11.5. The Labute approximate surface area is 140 Å². The minimum absolute atomic E-state index is 0.191. The van der Waals surface area contributed by atoms with Gasteiger partial charge >= 0.3 is 0 Å². The highest BCUT2D eigenvalue weighted by molar-refractivity contribution is 6.14. The zero-order chi connectivity index (χ0) is 17.1. The Kier molecular flexibility index (Phi) is 4.56. The smallest absolute Gasteiger partial charge is 0.275 e. The molecule has 122 valence electrons. The van der Waals surface area contributed by atoms with Gasteiger partial charge in [-0.05, 0) is 55.2 Å². The van der Waals surface area contributed by atoms with E-state index in [1.807, 2.05) is 32.0 Å². The maximum Gasteiger partial charge on any atom is 0.275 e. The summed E-state index contributed by atoms with van der Waals surface area (Å²) in [6.45, 7) is 4.05. The zero-order valence-corrected chi connectivity index (χ0v) is 13.8. The van der Waals surface area contributed by atoms with Crippen molar-refractivity contribution >= 4 is 17.8 Å². The third kappa shape index (κ3) is 3.77. The van der Waals surface area contributed by atoms with Gasteiger partial charge in [-0.3, -0.25) is 4.79 Å². The summed E-state index contributed by atoms with van der Waals surface area (Å²) < 4.78 is 13.2. The van der Waals surface area contributed by atoms with Gasteiger partial charge in [0, 0.05) is 6.42 Å². The molecule has 1 amide bonds. The Morgan fingerprint density at radius 1 is 1.12 bits per heavy atom. The standard InChI is InChI=1S/C20H19FN2O/c1-13-6-8-16(14(2)10-13)12-18-20(24)23-19(22-18)9-7-15-4-3-5-17(21)11-15/h3-6,8,10-12H,7,9H2,1-2H3,(H,22,23,24)/b18-12-. The molecule has 0 fully saturated rings. The van der Waals surface area contributed by atoms with Crippen LogP contribution in [0.3, 0.4) is 0 Å². The lowest BCUT2D eigenvalue weighted by atomic mass is 10.0. The first-order valence-corrected chi connectivity index (χ1v) is 7.93. The van der Waals surface area contributed by atoms with E-state index >= 15 is 0 Å². The van der Waals surface area contributed by atoms with E-state index in [1.165, 1.54) is 17.7 Å². The molecule has 0 unspecified atom stereocenters. The van der Waals surface area contributed by atoms with E-state index in [0.29, 0.717) is 24.4 Å². The van der Waals surface area contributed by atoms with E-state index < -0.39 is 0 Å². The molecule has 0 saturated heterocycles. The summed E-state index contributed by atoms with van der Waals surface area (Å²) in [4.78, 5) is 16.5. The van der Waals surface area contributed by atoms with E-state index in [-0.39, 0.29) is 11.7 Å². The molecule has 24 heavy (non-hydrogen) atoms. The molecule has 4 heteroatoms. The molecule has 0 aromatic heterocycles. The van der Waals surface area contributed by atoms with Crippen LogP contribution in [0.2, 0.25) is 0 Å². The molecule has 3 nitrogen and oxygen atoms in total. The van der Waals surface area contributed by atoms with Gasteiger partial charge in [0.2, 0.25) is 0 Å². The van der Waals surface area contributed by atoms with Gasteiger partial charge in [0.25, 0.3) is 5.91 Å². The van der Waals surface area contributed by atoms with Gasteiger partial charge in [0.05, 0.1) is 0 Å². The molecule has 2 aromatic rings. The lowest BCUT2D eigenvalue weighted by Gasteiger charge is -2.01. The Balaban J connectivity index is 1.74. The number of nitrogens with zero attached hydrogens (tertiary/aromatic N) is 1. The highest BCUT2D eigenvalue weighted by Crippen LogP contribution is 2.18. The van der Waals surface area contributed by atoms with Crippen LogP contribution in [0.25, 0.3) is 6.08 Å². The third-order valence-electron chi connectivity index (χ3n) is 4.00. The number of nitrogens with one attached hydrogen (secondary N) is 1. The number of halogens is 1. The lowest BCUT2D eigenvalue weighted by molar-refractivity contribution is -0.115. The summed E-state index contributed by atoms with van der Waals surface area (Å²) in [6.07, 6.45) is 3.01. The summed E-state index contributed by atoms with van der Waals surface area (Å²) in [5, 5.41) is 2.79. The highest BCUT2D eigenvalue weighted by Gasteiger charge is 2.19. The fourth-order valence-corrected chi connectivity index (χ4v) is 2.73. The molecule has 0 bridgehead atoms. The topological polar surface area (TPSA) is 41.5 Å². The molecule has 0 spiro atoms. The first-order valence-electron chi connectivity index (χ1n) is 7.93. The van der Waals surface area contributed by atoms with Crippen LogP contribution in [0, 0.1) is 19.7 Å². The molecule has 0 aliphatic carbocycles. The van der Waals surface area contributed by atoms with Gasteiger partial charge in [-0.25, -0.2) is 9.38 Å². The Morgan fingerprint density at radius 2 is 1.96 bits per heavy atom. The van der Waals surface area contributed by atoms with Crippen molar-refractivity contribution in [3.63, 3.8) is 0 Å². The third-order valence-corrected chi connectivity index (χ3v) is 4.00. The molecule has 0 saturated carbocycles. The average molecular weight is 322 g/mol. The van der Waals surface area contributed by atoms with Gasteiger partial charge in [0.15, 0.2) is 0 Å². The molecule has 1 heterocycles. The number of aliphatic imine (C=N–C) groups is 1. The molecule has 2 aromatic carbocycles. The van der Waals surface area contributed by atoms with Crippen molar-refractivity contribution in [2.45, 2.75) is 26.7 Å². The van der Waals surface area contributed by atoms with Crippen LogP contribution in [-0.4, -0.2) is 11.7 Å². The fourth-order valence-electron chi connectivity index (χ4n) is 2.73. The predicted octanol–water partition coefficient (Wildman–Crippen LogP) is 3.94. The summed E-state index contributed by atoms with van der Waals surface area (Å²) >= 11 is 0. The van der Waals surface area contributed by atoms with Crippen LogP contribution in [0.15, 0.2) is 53.2 Å². The van der Waals surface area contributed by atoms with Gasteiger partial charge in [-0.2, -0.15) is 0 Å². The molecule has 3 rings (SSSR count). The zero-order valence-electron chi connectivity index (χ0n) is 13.8. The van der Waals surface area contributed by atoms with E-state index in [4.69, 9.17) is 0 Å². The second kappa shape index (κ2) is 6.79. The fraction of sp³-hybridized carbons (Fsp3) is 0.200. The van der Waals surface area contributed by atoms with Gasteiger partial charge in [0.1, 0.15) is 17.3 Å². The number of amidine groups is 1. The molecular weight excluding hydrogens is 303 g/mol. The van der Waals surface area contributed by atoms with Crippen LogP contribution in [-0.2, 0) is 11.2 Å². The second-order valence-corrected chi connectivity index (χ2v) is 6.03. The number of hydrogen-bond donors (Lipinski definition) is 1. The molecule has 1 N–H and O–H groups in total. The van der Waals surface area contributed by atoms with E-state index in [1.54, 1.807) is 12.1 Å². The number of benzene rings is 2. The minimum atomic E-state index is -0.250. The van der Waals surface area contributed by atoms with Crippen molar-refractivity contribution < 1.29 is 9.18 Å². The SMILES string of the molecule is Cc1ccc(/C=C2\N=C(CCc3cccc(F)c3)NC2=O)c(C)c1. The van der Waals surface area contributed by atoms with Crippen molar-refractivity contribution in [3.8, 4) is 0 Å². The molecule has 0 radical (unpaired) electrons. The summed E-state index contributed by atoms with van der Waals surface area (Å²) in [5.41, 5.74) is 4.58. The number of carbonyl (C=O) groups excluding carboxylic acids is 1. The molecule has 1 aliphatic heterocycles.